The Kier molecular flexibility index (Phi) is 4.58. The van der Waals surface area contributed by atoms with Crippen molar-refractivity contribution in [3.63, 3.8) is 0 Å². The van der Waals surface area contributed by atoms with Gasteiger partial charge in [-0.05, 0) is 42.5 Å². The van der Waals surface area contributed by atoms with Gasteiger partial charge in [0.1, 0.15) is 0 Å². The average molecular weight is 392 g/mol. The van der Waals surface area contributed by atoms with E-state index in [4.69, 9.17) is 11.6 Å². The Morgan fingerprint density at radius 1 is 1.30 bits per heavy atom. The third-order valence-corrected chi connectivity index (χ3v) is 5.75. The molecule has 1 atom stereocenters. The molecule has 0 amide bonds. The molecule has 0 fully saturated rings. The number of carbonyl (C=O) groups is 1. The van der Waals surface area contributed by atoms with Crippen molar-refractivity contribution in [2.24, 2.45) is 0 Å². The Labute approximate surface area is 161 Å². The molecule has 27 heavy (non-hydrogen) atoms. The SMILES string of the molecule is O=C(O)CC1CCCc2c3c(n(Cc4ccc(Cl)cc4)c21)C(F)(F)CC=C3. The Morgan fingerprint density at radius 3 is 2.74 bits per heavy atom. The van der Waals surface area contributed by atoms with Gasteiger partial charge in [0.25, 0.3) is 5.92 Å². The fourth-order valence-corrected chi connectivity index (χ4v) is 4.57. The van der Waals surface area contributed by atoms with Gasteiger partial charge in [-0.1, -0.05) is 35.9 Å². The highest BCUT2D eigenvalue weighted by molar-refractivity contribution is 6.30. The number of nitrogens with zero attached hydrogens (tertiary/aromatic N) is 1. The summed E-state index contributed by atoms with van der Waals surface area (Å²) in [4.78, 5) is 11.4. The predicted molar refractivity (Wildman–Crippen MR) is 100 cm³/mol. The van der Waals surface area contributed by atoms with Crippen molar-refractivity contribution in [1.29, 1.82) is 0 Å². The minimum atomic E-state index is -2.96. The zero-order valence-corrected chi connectivity index (χ0v) is 15.5. The number of allylic oxidation sites excluding steroid dienone is 1. The molecular formula is C21H20ClF2NO2. The van der Waals surface area contributed by atoms with Crippen molar-refractivity contribution in [2.75, 3.05) is 0 Å². The monoisotopic (exact) mass is 391 g/mol. The highest BCUT2D eigenvalue weighted by Crippen LogP contribution is 2.47. The van der Waals surface area contributed by atoms with E-state index in [0.29, 0.717) is 23.4 Å². The number of carboxylic acid groups (broad SMARTS) is 1. The van der Waals surface area contributed by atoms with Gasteiger partial charge in [-0.25, -0.2) is 0 Å². The predicted octanol–water partition coefficient (Wildman–Crippen LogP) is 5.59. The van der Waals surface area contributed by atoms with Crippen molar-refractivity contribution >= 4 is 23.6 Å². The van der Waals surface area contributed by atoms with Crippen LogP contribution in [0, 0.1) is 0 Å². The van der Waals surface area contributed by atoms with E-state index in [1.807, 2.05) is 12.1 Å². The largest absolute Gasteiger partial charge is 0.481 e. The van der Waals surface area contributed by atoms with E-state index in [2.05, 4.69) is 0 Å². The maximum absolute atomic E-state index is 14.9. The first kappa shape index (κ1) is 18.2. The van der Waals surface area contributed by atoms with Gasteiger partial charge >= 0.3 is 5.97 Å². The lowest BCUT2D eigenvalue weighted by Gasteiger charge is -2.26. The summed E-state index contributed by atoms with van der Waals surface area (Å²) in [5, 5.41) is 9.91. The van der Waals surface area contributed by atoms with E-state index >= 15 is 0 Å². The molecule has 1 N–H and O–H groups in total. The van der Waals surface area contributed by atoms with Gasteiger partial charge in [0, 0.05) is 35.2 Å². The Hall–Kier alpha value is -2.14. The summed E-state index contributed by atoms with van der Waals surface area (Å²) in [5.74, 6) is -4.09. The zero-order chi connectivity index (χ0) is 19.2. The van der Waals surface area contributed by atoms with Gasteiger partial charge in [0.15, 0.2) is 0 Å². The van der Waals surface area contributed by atoms with Crippen molar-refractivity contribution in [3.05, 3.63) is 63.4 Å². The first-order valence-electron chi connectivity index (χ1n) is 9.13. The molecule has 4 rings (SSSR count). The van der Waals surface area contributed by atoms with Crippen LogP contribution < -0.4 is 0 Å². The van der Waals surface area contributed by atoms with Gasteiger partial charge in [-0.3, -0.25) is 4.79 Å². The van der Waals surface area contributed by atoms with Crippen LogP contribution in [0.15, 0.2) is 30.3 Å². The normalized spacial score (nSPS) is 20.2. The molecule has 2 aliphatic carbocycles. The van der Waals surface area contributed by atoms with Gasteiger partial charge < -0.3 is 9.67 Å². The Bertz CT molecular complexity index is 915. The molecule has 3 nitrogen and oxygen atoms in total. The number of aromatic nitrogens is 1. The molecule has 1 aromatic carbocycles. The second-order valence-corrected chi connectivity index (χ2v) is 7.77. The number of hydrogen-bond donors (Lipinski definition) is 1. The number of hydrogen-bond acceptors (Lipinski definition) is 1. The standard InChI is InChI=1S/C21H20ClF2NO2/c22-15-8-6-13(7-9-15)12-25-19-14(11-18(26)27)3-1-4-16(19)17-5-2-10-21(23,24)20(17)25/h2,5-9,14H,1,3-4,10-12H2,(H,26,27). The van der Waals surface area contributed by atoms with Crippen molar-refractivity contribution in [3.8, 4) is 0 Å². The average Bonchev–Trinajstić information content (AvgIpc) is 2.93. The van der Waals surface area contributed by atoms with E-state index < -0.39 is 11.9 Å². The number of rotatable bonds is 4. The third-order valence-electron chi connectivity index (χ3n) is 5.50. The molecule has 0 spiro atoms. The number of fused-ring (bicyclic) bond motifs is 3. The van der Waals surface area contributed by atoms with E-state index in [1.54, 1.807) is 22.8 Å². The summed E-state index contributed by atoms with van der Waals surface area (Å²) in [5.41, 5.74) is 3.15. The second kappa shape index (κ2) is 6.79. The fraction of sp³-hybridized carbons (Fsp3) is 0.381. The third kappa shape index (κ3) is 3.29. The second-order valence-electron chi connectivity index (χ2n) is 7.34. The molecule has 6 heteroatoms. The molecule has 0 aliphatic heterocycles. The molecular weight excluding hydrogens is 372 g/mol. The number of alkyl halides is 2. The molecule has 0 bridgehead atoms. The Morgan fingerprint density at radius 2 is 2.04 bits per heavy atom. The van der Waals surface area contributed by atoms with Crippen LogP contribution in [0.3, 0.4) is 0 Å². The van der Waals surface area contributed by atoms with Crippen LogP contribution in [0.4, 0.5) is 8.78 Å². The molecule has 2 aromatic rings. The lowest BCUT2D eigenvalue weighted by Crippen LogP contribution is -2.23. The van der Waals surface area contributed by atoms with Crippen molar-refractivity contribution < 1.29 is 18.7 Å². The van der Waals surface area contributed by atoms with Crippen LogP contribution in [0.2, 0.25) is 5.02 Å². The number of aliphatic carboxylic acids is 1. The van der Waals surface area contributed by atoms with Gasteiger partial charge in [0.2, 0.25) is 0 Å². The number of carboxylic acids is 1. The molecule has 0 radical (unpaired) electrons. The molecule has 1 unspecified atom stereocenters. The number of benzene rings is 1. The van der Waals surface area contributed by atoms with Crippen LogP contribution in [-0.2, 0) is 23.7 Å². The Balaban J connectivity index is 1.89. The molecule has 2 aliphatic rings. The summed E-state index contributed by atoms with van der Waals surface area (Å²) in [6.07, 6.45) is 5.18. The van der Waals surface area contributed by atoms with Crippen LogP contribution in [-0.4, -0.2) is 15.6 Å². The maximum atomic E-state index is 14.9. The van der Waals surface area contributed by atoms with Crippen LogP contribution in [0.25, 0.3) is 6.08 Å². The first-order chi connectivity index (χ1) is 12.9. The molecule has 0 saturated carbocycles. The minimum absolute atomic E-state index is 0.0299. The fourth-order valence-electron chi connectivity index (χ4n) is 4.44. The van der Waals surface area contributed by atoms with E-state index in [-0.39, 0.29) is 31.0 Å². The van der Waals surface area contributed by atoms with Gasteiger partial charge in [-0.2, -0.15) is 8.78 Å². The minimum Gasteiger partial charge on any atom is -0.481 e. The van der Waals surface area contributed by atoms with Crippen LogP contribution in [0.5, 0.6) is 0 Å². The van der Waals surface area contributed by atoms with Gasteiger partial charge in [-0.15, -0.1) is 0 Å². The van der Waals surface area contributed by atoms with Crippen LogP contribution >= 0.6 is 11.6 Å². The summed E-state index contributed by atoms with van der Waals surface area (Å²) >= 11 is 5.95. The topological polar surface area (TPSA) is 42.2 Å². The highest BCUT2D eigenvalue weighted by Gasteiger charge is 2.43. The smallest absolute Gasteiger partial charge is 0.304 e. The molecule has 0 saturated heterocycles. The van der Waals surface area contributed by atoms with E-state index in [1.165, 1.54) is 6.08 Å². The van der Waals surface area contributed by atoms with E-state index in [9.17, 15) is 18.7 Å². The summed E-state index contributed by atoms with van der Waals surface area (Å²) < 4.78 is 31.5. The zero-order valence-electron chi connectivity index (χ0n) is 14.7. The summed E-state index contributed by atoms with van der Waals surface area (Å²) in [6.45, 7) is 0.286. The van der Waals surface area contributed by atoms with E-state index in [0.717, 1.165) is 23.2 Å². The maximum Gasteiger partial charge on any atom is 0.304 e. The number of halogens is 3. The lowest BCUT2D eigenvalue weighted by atomic mass is 9.83. The quantitative estimate of drug-likeness (QED) is 0.737. The summed E-state index contributed by atoms with van der Waals surface area (Å²) in [6, 6.07) is 7.14. The van der Waals surface area contributed by atoms with Crippen molar-refractivity contribution in [2.45, 2.75) is 50.5 Å². The summed E-state index contributed by atoms with van der Waals surface area (Å²) in [7, 11) is 0. The molecule has 1 aromatic heterocycles. The van der Waals surface area contributed by atoms with Crippen molar-refractivity contribution in [1.82, 2.24) is 4.57 Å². The lowest BCUT2D eigenvalue weighted by molar-refractivity contribution is -0.137. The first-order valence-corrected chi connectivity index (χ1v) is 9.51. The molecule has 142 valence electrons. The van der Waals surface area contributed by atoms with Gasteiger partial charge in [0.05, 0.1) is 12.1 Å². The molecule has 1 heterocycles. The highest BCUT2D eigenvalue weighted by atomic mass is 35.5. The van der Waals surface area contributed by atoms with Crippen LogP contribution in [0.1, 0.15) is 59.7 Å².